The van der Waals surface area contributed by atoms with E-state index in [1.807, 2.05) is 48.5 Å². The normalized spacial score (nSPS) is 13.4. The third-order valence-electron chi connectivity index (χ3n) is 7.34. The Kier molecular flexibility index (Phi) is 8.47. The zero-order valence-electron chi connectivity index (χ0n) is 22.6. The quantitative estimate of drug-likeness (QED) is 0.206. The second kappa shape index (κ2) is 12.6. The number of benzene rings is 4. The van der Waals surface area contributed by atoms with Crippen LogP contribution in [0.4, 0.5) is 14.9 Å². The highest BCUT2D eigenvalue weighted by molar-refractivity contribution is 5.89. The van der Waals surface area contributed by atoms with Crippen molar-refractivity contribution in [1.29, 1.82) is 0 Å². The van der Waals surface area contributed by atoms with Crippen LogP contribution in [0.15, 0.2) is 97.1 Å². The number of nitrogens with two attached hydrogens (primary N) is 1. The highest BCUT2D eigenvalue weighted by Crippen LogP contribution is 2.44. The lowest BCUT2D eigenvalue weighted by molar-refractivity contribution is -0.142. The molecular formula is C33H30FN3O5. The molecule has 0 fully saturated rings. The van der Waals surface area contributed by atoms with E-state index in [-0.39, 0.29) is 25.4 Å². The molecule has 0 bridgehead atoms. The topological polar surface area (TPSA) is 131 Å². The minimum atomic E-state index is -1.30. The fraction of sp³-hybridized carbons (Fsp3) is 0.182. The molecule has 0 aliphatic heterocycles. The number of halogens is 1. The van der Waals surface area contributed by atoms with Gasteiger partial charge in [0.1, 0.15) is 24.5 Å². The van der Waals surface area contributed by atoms with E-state index in [1.165, 1.54) is 24.3 Å². The monoisotopic (exact) mass is 567 g/mol. The van der Waals surface area contributed by atoms with Crippen LogP contribution in [0.5, 0.6) is 0 Å². The lowest BCUT2D eigenvalue weighted by Gasteiger charge is -2.22. The van der Waals surface area contributed by atoms with E-state index in [1.54, 1.807) is 24.3 Å². The number of aliphatic carboxylic acids is 1. The summed E-state index contributed by atoms with van der Waals surface area (Å²) in [6.45, 7) is 0.0540. The van der Waals surface area contributed by atoms with Gasteiger partial charge >= 0.3 is 12.1 Å². The van der Waals surface area contributed by atoms with Crippen molar-refractivity contribution in [3.63, 3.8) is 0 Å². The van der Waals surface area contributed by atoms with E-state index >= 15 is 0 Å². The molecular weight excluding hydrogens is 537 g/mol. The summed E-state index contributed by atoms with van der Waals surface area (Å²) in [6, 6.07) is 25.6. The maximum Gasteiger partial charge on any atom is 0.407 e. The van der Waals surface area contributed by atoms with Crippen molar-refractivity contribution < 1.29 is 28.6 Å². The first-order valence-electron chi connectivity index (χ1n) is 13.5. The Balaban J connectivity index is 1.29. The number of carboxylic acid groups (broad SMARTS) is 1. The van der Waals surface area contributed by atoms with Crippen LogP contribution in [0.1, 0.15) is 28.2 Å². The Morgan fingerprint density at radius 1 is 0.762 bits per heavy atom. The molecule has 0 heterocycles. The number of ether oxygens (including phenoxy) is 1. The summed E-state index contributed by atoms with van der Waals surface area (Å²) in [5.41, 5.74) is 11.8. The summed E-state index contributed by atoms with van der Waals surface area (Å²) < 4.78 is 18.9. The molecule has 214 valence electrons. The van der Waals surface area contributed by atoms with Crippen LogP contribution in [-0.4, -0.2) is 41.8 Å². The summed E-state index contributed by atoms with van der Waals surface area (Å²) in [4.78, 5) is 38.4. The highest BCUT2D eigenvalue weighted by Gasteiger charge is 2.31. The maximum atomic E-state index is 13.4. The summed E-state index contributed by atoms with van der Waals surface area (Å²) >= 11 is 0. The predicted molar refractivity (Wildman–Crippen MR) is 156 cm³/mol. The number of fused-ring (bicyclic) bond motifs is 3. The van der Waals surface area contributed by atoms with E-state index in [2.05, 4.69) is 10.6 Å². The molecule has 5 N–H and O–H groups in total. The first-order valence-corrected chi connectivity index (χ1v) is 13.5. The Morgan fingerprint density at radius 2 is 1.29 bits per heavy atom. The van der Waals surface area contributed by atoms with Gasteiger partial charge < -0.3 is 26.2 Å². The average molecular weight is 568 g/mol. The first kappa shape index (κ1) is 28.4. The molecule has 0 spiro atoms. The van der Waals surface area contributed by atoms with Crippen molar-refractivity contribution >= 4 is 23.7 Å². The Hall–Kier alpha value is -5.18. The lowest BCUT2D eigenvalue weighted by atomic mass is 9.98. The van der Waals surface area contributed by atoms with Crippen LogP contribution in [0.25, 0.3) is 11.1 Å². The fourth-order valence-electron chi connectivity index (χ4n) is 5.21. The van der Waals surface area contributed by atoms with Crippen LogP contribution in [0, 0.1) is 5.82 Å². The van der Waals surface area contributed by atoms with E-state index < -0.39 is 35.9 Å². The van der Waals surface area contributed by atoms with E-state index in [0.717, 1.165) is 22.3 Å². The van der Waals surface area contributed by atoms with Crippen molar-refractivity contribution in [1.82, 2.24) is 10.6 Å². The fourth-order valence-corrected chi connectivity index (χ4v) is 5.21. The molecule has 0 saturated carbocycles. The van der Waals surface area contributed by atoms with E-state index in [0.29, 0.717) is 16.8 Å². The molecule has 4 aromatic rings. The molecule has 42 heavy (non-hydrogen) atoms. The molecule has 8 nitrogen and oxygen atoms in total. The number of alkyl carbamates (subject to hydrolysis) is 1. The van der Waals surface area contributed by atoms with E-state index in [9.17, 15) is 23.9 Å². The molecule has 1 aliphatic carbocycles. The minimum absolute atomic E-state index is 0.0540. The van der Waals surface area contributed by atoms with Gasteiger partial charge in [0.2, 0.25) is 5.91 Å². The number of hydrogen-bond donors (Lipinski definition) is 4. The second-order valence-electron chi connectivity index (χ2n) is 10.2. The maximum absolute atomic E-state index is 13.4. The number of rotatable bonds is 10. The van der Waals surface area contributed by atoms with Gasteiger partial charge in [-0.3, -0.25) is 4.79 Å². The number of carboxylic acids is 1. The van der Waals surface area contributed by atoms with E-state index in [4.69, 9.17) is 10.5 Å². The summed E-state index contributed by atoms with van der Waals surface area (Å²) in [7, 11) is 0. The minimum Gasteiger partial charge on any atom is -0.480 e. The number of carbonyl (C=O) groups is 3. The summed E-state index contributed by atoms with van der Waals surface area (Å²) in [5.74, 6) is -2.58. The SMILES string of the molecule is Nc1ccc(C[C@H](NC(=O)OCC2c3ccccc3-c3ccccc32)C(=O)N[C@@H](Cc2ccc(F)cc2)C(=O)O)cc1. The molecule has 2 atom stereocenters. The van der Waals surface area contributed by atoms with Crippen LogP contribution in [0.3, 0.4) is 0 Å². The molecule has 1 aliphatic rings. The molecule has 4 aromatic carbocycles. The number of hydrogen-bond acceptors (Lipinski definition) is 5. The van der Waals surface area contributed by atoms with Crippen LogP contribution in [0.2, 0.25) is 0 Å². The molecule has 0 aromatic heterocycles. The van der Waals surface area contributed by atoms with Gasteiger partial charge in [-0.1, -0.05) is 72.8 Å². The molecule has 0 saturated heterocycles. The van der Waals surface area contributed by atoms with Crippen LogP contribution >= 0.6 is 0 Å². The number of carbonyl (C=O) groups excluding carboxylic acids is 2. The van der Waals surface area contributed by atoms with Gasteiger partial charge in [0.05, 0.1) is 0 Å². The third-order valence-corrected chi connectivity index (χ3v) is 7.34. The highest BCUT2D eigenvalue weighted by atomic mass is 19.1. The van der Waals surface area contributed by atoms with Gasteiger partial charge in [0.15, 0.2) is 0 Å². The average Bonchev–Trinajstić information content (AvgIpc) is 3.31. The Morgan fingerprint density at radius 3 is 1.86 bits per heavy atom. The van der Waals surface area contributed by atoms with Gasteiger partial charge in [-0.25, -0.2) is 14.0 Å². The van der Waals surface area contributed by atoms with Crippen LogP contribution in [-0.2, 0) is 27.2 Å². The number of amides is 2. The molecule has 0 unspecified atom stereocenters. The smallest absolute Gasteiger partial charge is 0.407 e. The van der Waals surface area contributed by atoms with Crippen molar-refractivity contribution in [2.75, 3.05) is 12.3 Å². The standard InChI is InChI=1S/C33H30FN3O5/c34-22-13-9-20(10-14-22)18-30(32(39)40)36-31(38)29(17-21-11-15-23(35)16-12-21)37-33(41)42-19-28-26-7-3-1-5-24(26)25-6-2-4-8-27(25)28/h1-16,28-30H,17-19,35H2,(H,36,38)(H,37,41)(H,39,40)/t29-,30-/m0/s1. The lowest BCUT2D eigenvalue weighted by Crippen LogP contribution is -2.53. The van der Waals surface area contributed by atoms with Crippen molar-refractivity contribution in [2.45, 2.75) is 30.8 Å². The largest absolute Gasteiger partial charge is 0.480 e. The van der Waals surface area contributed by atoms with Crippen LogP contribution < -0.4 is 16.4 Å². The zero-order valence-corrected chi connectivity index (χ0v) is 22.6. The molecule has 9 heteroatoms. The van der Waals surface area contributed by atoms with Gasteiger partial charge in [0.25, 0.3) is 0 Å². The molecule has 2 amide bonds. The Bertz CT molecular complexity index is 1540. The first-order chi connectivity index (χ1) is 20.3. The summed E-state index contributed by atoms with van der Waals surface area (Å²) in [6.07, 6.45) is -0.807. The van der Waals surface area contributed by atoms with Gasteiger partial charge in [-0.05, 0) is 57.6 Å². The van der Waals surface area contributed by atoms with Gasteiger partial charge in [0, 0.05) is 24.4 Å². The van der Waals surface area contributed by atoms with Gasteiger partial charge in [-0.15, -0.1) is 0 Å². The number of nitrogen functional groups attached to an aromatic ring is 1. The third kappa shape index (κ3) is 6.58. The second-order valence-corrected chi connectivity index (χ2v) is 10.2. The van der Waals surface area contributed by atoms with Crippen molar-refractivity contribution in [2.24, 2.45) is 0 Å². The zero-order chi connectivity index (χ0) is 29.6. The summed E-state index contributed by atoms with van der Waals surface area (Å²) in [5, 5.41) is 14.9. The van der Waals surface area contributed by atoms with Gasteiger partial charge in [-0.2, -0.15) is 0 Å². The molecule has 5 rings (SSSR count). The number of anilines is 1. The molecule has 0 radical (unpaired) electrons. The Labute approximate surface area is 242 Å². The van der Waals surface area contributed by atoms with Crippen molar-refractivity contribution in [3.05, 3.63) is 125 Å². The van der Waals surface area contributed by atoms with Crippen molar-refractivity contribution in [3.8, 4) is 11.1 Å². The number of nitrogens with one attached hydrogen (secondary N) is 2. The predicted octanol–water partition coefficient (Wildman–Crippen LogP) is 4.67.